The zero-order chi connectivity index (χ0) is 13.7. The van der Waals surface area contributed by atoms with Gasteiger partial charge in [0.25, 0.3) is 0 Å². The zero-order valence-corrected chi connectivity index (χ0v) is 12.4. The molecule has 0 N–H and O–H groups in total. The van der Waals surface area contributed by atoms with Crippen LogP contribution in [0.4, 0.5) is 5.13 Å². The van der Waals surface area contributed by atoms with Crippen molar-refractivity contribution in [1.29, 1.82) is 0 Å². The van der Waals surface area contributed by atoms with Gasteiger partial charge in [-0.2, -0.15) is 0 Å². The summed E-state index contributed by atoms with van der Waals surface area (Å²) in [4.78, 5) is 20.6. The molecule has 0 spiro atoms. The molecule has 1 saturated heterocycles. The molecule has 0 aliphatic carbocycles. The number of esters is 1. The Labute approximate surface area is 118 Å². The van der Waals surface area contributed by atoms with Crippen LogP contribution in [0.15, 0.2) is 5.38 Å². The van der Waals surface area contributed by atoms with Gasteiger partial charge >= 0.3 is 5.97 Å². The van der Waals surface area contributed by atoms with E-state index in [1.54, 1.807) is 11.3 Å². The lowest BCUT2D eigenvalue weighted by molar-refractivity contribution is -0.143. The number of nitrogens with zero attached hydrogens (tertiary/aromatic N) is 3. The summed E-state index contributed by atoms with van der Waals surface area (Å²) in [6, 6.07) is 0. The standard InChI is InChI=1S/C13H21N3O2S/c1-3-18-12(17)5-4-11-10-19-13(14-11)16-8-6-15(2)7-9-16/h10H,3-9H2,1-2H3. The number of aryl methyl sites for hydroxylation is 1. The molecule has 1 aliphatic heterocycles. The van der Waals surface area contributed by atoms with Crippen molar-refractivity contribution in [2.24, 2.45) is 0 Å². The second-order valence-corrected chi connectivity index (χ2v) is 5.55. The molecule has 5 nitrogen and oxygen atoms in total. The molecule has 0 atom stereocenters. The maximum atomic E-state index is 11.3. The highest BCUT2D eigenvalue weighted by molar-refractivity contribution is 7.13. The number of hydrogen-bond donors (Lipinski definition) is 0. The van der Waals surface area contributed by atoms with Gasteiger partial charge in [0.2, 0.25) is 0 Å². The van der Waals surface area contributed by atoms with Crippen LogP contribution in [0.1, 0.15) is 19.0 Å². The molecule has 1 fully saturated rings. The first-order valence-corrected chi connectivity index (χ1v) is 7.60. The van der Waals surface area contributed by atoms with Crippen LogP contribution in [0.5, 0.6) is 0 Å². The summed E-state index contributed by atoms with van der Waals surface area (Å²) in [6.45, 7) is 6.49. The summed E-state index contributed by atoms with van der Waals surface area (Å²) in [7, 11) is 2.14. The van der Waals surface area contributed by atoms with Gasteiger partial charge in [-0.3, -0.25) is 4.79 Å². The van der Waals surface area contributed by atoms with E-state index in [2.05, 4.69) is 21.8 Å². The van der Waals surface area contributed by atoms with E-state index >= 15 is 0 Å². The van der Waals surface area contributed by atoms with Crippen molar-refractivity contribution in [3.8, 4) is 0 Å². The monoisotopic (exact) mass is 283 g/mol. The molecule has 2 rings (SSSR count). The SMILES string of the molecule is CCOC(=O)CCc1csc(N2CCN(C)CC2)n1. The van der Waals surface area contributed by atoms with Gasteiger partial charge in [-0.25, -0.2) is 4.98 Å². The number of ether oxygens (including phenoxy) is 1. The molecular formula is C13H21N3O2S. The van der Waals surface area contributed by atoms with Gasteiger partial charge in [0.15, 0.2) is 5.13 Å². The highest BCUT2D eigenvalue weighted by atomic mass is 32.1. The summed E-state index contributed by atoms with van der Waals surface area (Å²) in [5.41, 5.74) is 0.993. The summed E-state index contributed by atoms with van der Waals surface area (Å²) < 4.78 is 4.92. The lowest BCUT2D eigenvalue weighted by Crippen LogP contribution is -2.44. The van der Waals surface area contributed by atoms with E-state index in [9.17, 15) is 4.79 Å². The maximum Gasteiger partial charge on any atom is 0.306 e. The maximum absolute atomic E-state index is 11.3. The van der Waals surface area contributed by atoms with Crippen LogP contribution >= 0.6 is 11.3 Å². The fourth-order valence-electron chi connectivity index (χ4n) is 2.02. The first-order valence-electron chi connectivity index (χ1n) is 6.72. The predicted octanol–water partition coefficient (Wildman–Crippen LogP) is 1.39. The minimum absolute atomic E-state index is 0.142. The molecule has 0 aromatic carbocycles. The third kappa shape index (κ3) is 4.18. The number of carbonyl (C=O) groups excluding carboxylic acids is 1. The topological polar surface area (TPSA) is 45.7 Å². The van der Waals surface area contributed by atoms with Crippen LogP contribution in [0, 0.1) is 0 Å². The lowest BCUT2D eigenvalue weighted by atomic mass is 10.2. The van der Waals surface area contributed by atoms with E-state index in [-0.39, 0.29) is 5.97 Å². The van der Waals surface area contributed by atoms with E-state index in [4.69, 9.17) is 4.74 Å². The zero-order valence-electron chi connectivity index (χ0n) is 11.6. The van der Waals surface area contributed by atoms with E-state index in [1.807, 2.05) is 12.3 Å². The van der Waals surface area contributed by atoms with Crippen molar-refractivity contribution in [3.63, 3.8) is 0 Å². The van der Waals surface area contributed by atoms with Gasteiger partial charge in [0.1, 0.15) is 0 Å². The summed E-state index contributed by atoms with van der Waals surface area (Å²) >= 11 is 1.67. The Balaban J connectivity index is 1.83. The average Bonchev–Trinajstić information content (AvgIpc) is 2.86. The number of likely N-dealkylation sites (N-methyl/N-ethyl adjacent to an activating group) is 1. The Morgan fingerprint density at radius 2 is 2.16 bits per heavy atom. The van der Waals surface area contributed by atoms with Crippen molar-refractivity contribution >= 4 is 22.4 Å². The van der Waals surface area contributed by atoms with Crippen molar-refractivity contribution in [2.45, 2.75) is 19.8 Å². The van der Waals surface area contributed by atoms with Gasteiger partial charge in [-0.05, 0) is 14.0 Å². The first kappa shape index (κ1) is 14.3. The highest BCUT2D eigenvalue weighted by Crippen LogP contribution is 2.22. The highest BCUT2D eigenvalue weighted by Gasteiger charge is 2.17. The molecule has 1 aromatic rings. The molecule has 1 aromatic heterocycles. The van der Waals surface area contributed by atoms with Crippen LogP contribution in [0.2, 0.25) is 0 Å². The molecule has 0 amide bonds. The number of thiazole rings is 1. The second kappa shape index (κ2) is 6.86. The third-order valence-corrected chi connectivity index (χ3v) is 4.15. The fraction of sp³-hybridized carbons (Fsp3) is 0.692. The molecule has 106 valence electrons. The van der Waals surface area contributed by atoms with E-state index in [1.165, 1.54) is 0 Å². The largest absolute Gasteiger partial charge is 0.466 e. The Morgan fingerprint density at radius 1 is 1.42 bits per heavy atom. The molecule has 0 unspecified atom stereocenters. The number of rotatable bonds is 5. The molecule has 1 aliphatic rings. The summed E-state index contributed by atoms with van der Waals surface area (Å²) in [5.74, 6) is -0.142. The minimum atomic E-state index is -0.142. The normalized spacial score (nSPS) is 16.6. The Kier molecular flexibility index (Phi) is 5.15. The predicted molar refractivity (Wildman–Crippen MR) is 76.8 cm³/mol. The van der Waals surface area contributed by atoms with E-state index in [0.29, 0.717) is 19.4 Å². The second-order valence-electron chi connectivity index (χ2n) is 4.72. The molecule has 0 bridgehead atoms. The van der Waals surface area contributed by atoms with Crippen LogP contribution in [0.3, 0.4) is 0 Å². The third-order valence-electron chi connectivity index (χ3n) is 3.20. The number of piperazine rings is 1. The number of hydrogen-bond acceptors (Lipinski definition) is 6. The van der Waals surface area contributed by atoms with Crippen molar-refractivity contribution < 1.29 is 9.53 Å². The van der Waals surface area contributed by atoms with Crippen LogP contribution < -0.4 is 4.90 Å². The fourth-order valence-corrected chi connectivity index (χ4v) is 2.93. The average molecular weight is 283 g/mol. The Morgan fingerprint density at radius 3 is 2.84 bits per heavy atom. The Bertz CT molecular complexity index is 414. The quantitative estimate of drug-likeness (QED) is 0.764. The van der Waals surface area contributed by atoms with Gasteiger partial charge in [0, 0.05) is 38.0 Å². The first-order chi connectivity index (χ1) is 9.19. The molecule has 6 heteroatoms. The van der Waals surface area contributed by atoms with Crippen LogP contribution in [-0.2, 0) is 16.0 Å². The Hall–Kier alpha value is -1.14. The number of aromatic nitrogens is 1. The molecular weight excluding hydrogens is 262 g/mol. The summed E-state index contributed by atoms with van der Waals surface area (Å²) in [5, 5.41) is 3.12. The van der Waals surface area contributed by atoms with Crippen molar-refractivity contribution in [1.82, 2.24) is 9.88 Å². The lowest BCUT2D eigenvalue weighted by Gasteiger charge is -2.32. The van der Waals surface area contributed by atoms with Crippen LogP contribution in [0.25, 0.3) is 0 Å². The molecule has 19 heavy (non-hydrogen) atoms. The van der Waals surface area contributed by atoms with Crippen molar-refractivity contribution in [2.75, 3.05) is 44.7 Å². The minimum Gasteiger partial charge on any atom is -0.466 e. The number of anilines is 1. The van der Waals surface area contributed by atoms with E-state index in [0.717, 1.165) is 37.0 Å². The van der Waals surface area contributed by atoms with Crippen molar-refractivity contribution in [3.05, 3.63) is 11.1 Å². The molecule has 2 heterocycles. The molecule has 0 radical (unpaired) electrons. The van der Waals surface area contributed by atoms with Gasteiger partial charge in [-0.15, -0.1) is 11.3 Å². The number of carbonyl (C=O) groups is 1. The van der Waals surface area contributed by atoms with Gasteiger partial charge < -0.3 is 14.5 Å². The van der Waals surface area contributed by atoms with Crippen LogP contribution in [-0.4, -0.2) is 55.7 Å². The summed E-state index contributed by atoms with van der Waals surface area (Å²) in [6.07, 6.45) is 1.09. The van der Waals surface area contributed by atoms with Gasteiger partial charge in [0.05, 0.1) is 18.7 Å². The molecule has 0 saturated carbocycles. The van der Waals surface area contributed by atoms with E-state index < -0.39 is 0 Å². The smallest absolute Gasteiger partial charge is 0.306 e. The van der Waals surface area contributed by atoms with Gasteiger partial charge in [-0.1, -0.05) is 0 Å².